The van der Waals surface area contributed by atoms with E-state index in [1.165, 1.54) is 0 Å². The Kier molecular flexibility index (Phi) is 6.37. The Labute approximate surface area is 154 Å². The summed E-state index contributed by atoms with van der Waals surface area (Å²) >= 11 is 0. The maximum atomic E-state index is 5.78. The van der Waals surface area contributed by atoms with Crippen LogP contribution in [0.5, 0.6) is 17.2 Å². The molecule has 26 heavy (non-hydrogen) atoms. The first-order chi connectivity index (χ1) is 12.8. The van der Waals surface area contributed by atoms with Gasteiger partial charge in [-0.1, -0.05) is 36.4 Å². The molecule has 4 nitrogen and oxygen atoms in total. The molecule has 3 rings (SSSR count). The number of nitrogens with one attached hydrogen (secondary N) is 1. The monoisotopic (exact) mass is 349 g/mol. The van der Waals surface area contributed by atoms with E-state index in [4.69, 9.17) is 14.2 Å². The normalized spacial score (nSPS) is 10.2. The fraction of sp³-hybridized carbons (Fsp3) is 0.182. The molecule has 0 fully saturated rings. The zero-order valence-electron chi connectivity index (χ0n) is 14.9. The number of anilines is 1. The van der Waals surface area contributed by atoms with Crippen LogP contribution in [0.25, 0.3) is 0 Å². The Morgan fingerprint density at radius 2 is 1.38 bits per heavy atom. The highest BCUT2D eigenvalue weighted by molar-refractivity contribution is 5.48. The molecule has 0 aliphatic heterocycles. The van der Waals surface area contributed by atoms with Crippen LogP contribution in [0, 0.1) is 0 Å². The zero-order chi connectivity index (χ0) is 18.0. The highest BCUT2D eigenvalue weighted by atomic mass is 16.5. The van der Waals surface area contributed by atoms with Gasteiger partial charge < -0.3 is 19.5 Å². The number of methoxy groups -OCH3 is 1. The molecule has 0 atom stereocenters. The summed E-state index contributed by atoms with van der Waals surface area (Å²) in [5, 5.41) is 3.39. The van der Waals surface area contributed by atoms with Gasteiger partial charge in [0.05, 0.1) is 7.11 Å². The van der Waals surface area contributed by atoms with E-state index in [1.807, 2.05) is 72.8 Å². The molecular formula is C22H23NO3. The summed E-state index contributed by atoms with van der Waals surface area (Å²) in [6.07, 6.45) is 0. The fourth-order valence-corrected chi connectivity index (χ4v) is 2.52. The third-order valence-electron chi connectivity index (χ3n) is 3.83. The summed E-state index contributed by atoms with van der Waals surface area (Å²) in [7, 11) is 1.67. The smallest absolute Gasteiger partial charge is 0.122 e. The number of hydrogen-bond acceptors (Lipinski definition) is 4. The van der Waals surface area contributed by atoms with Crippen LogP contribution in [0.1, 0.15) is 5.56 Å². The zero-order valence-corrected chi connectivity index (χ0v) is 14.9. The standard InChI is InChI=1S/C22H23NO3/c1-24-21-11-6-8-19(16-21)23-17-18-7-5-12-22(15-18)26-14-13-25-20-9-3-2-4-10-20/h2-12,15-16,23H,13-14,17H2,1H3. The van der Waals surface area contributed by atoms with Gasteiger partial charge in [0.1, 0.15) is 30.5 Å². The van der Waals surface area contributed by atoms with Gasteiger partial charge in [0.15, 0.2) is 0 Å². The van der Waals surface area contributed by atoms with E-state index in [-0.39, 0.29) is 0 Å². The summed E-state index contributed by atoms with van der Waals surface area (Å²) in [4.78, 5) is 0. The molecule has 4 heteroatoms. The Hall–Kier alpha value is -3.14. The predicted molar refractivity (Wildman–Crippen MR) is 104 cm³/mol. The van der Waals surface area contributed by atoms with Crippen molar-refractivity contribution in [1.82, 2.24) is 0 Å². The van der Waals surface area contributed by atoms with Gasteiger partial charge in [-0.2, -0.15) is 0 Å². The Balaban J connectivity index is 1.46. The van der Waals surface area contributed by atoms with E-state index in [1.54, 1.807) is 7.11 Å². The molecule has 0 unspecified atom stereocenters. The summed E-state index contributed by atoms with van der Waals surface area (Å²) in [5.41, 5.74) is 2.17. The third kappa shape index (κ3) is 5.45. The van der Waals surface area contributed by atoms with E-state index in [0.717, 1.165) is 28.5 Å². The fourth-order valence-electron chi connectivity index (χ4n) is 2.52. The minimum Gasteiger partial charge on any atom is -0.497 e. The second-order valence-electron chi connectivity index (χ2n) is 5.74. The number of hydrogen-bond donors (Lipinski definition) is 1. The van der Waals surface area contributed by atoms with Crippen LogP contribution in [0.4, 0.5) is 5.69 Å². The van der Waals surface area contributed by atoms with Crippen LogP contribution in [0.2, 0.25) is 0 Å². The SMILES string of the molecule is COc1cccc(NCc2cccc(OCCOc3ccccc3)c2)c1. The molecule has 0 aliphatic rings. The Morgan fingerprint density at radius 1 is 0.692 bits per heavy atom. The summed E-state index contributed by atoms with van der Waals surface area (Å²) in [6, 6.07) is 25.7. The minimum atomic E-state index is 0.502. The Morgan fingerprint density at radius 3 is 2.19 bits per heavy atom. The number of para-hydroxylation sites is 1. The lowest BCUT2D eigenvalue weighted by molar-refractivity contribution is 0.217. The van der Waals surface area contributed by atoms with Crippen molar-refractivity contribution in [1.29, 1.82) is 0 Å². The van der Waals surface area contributed by atoms with Crippen molar-refractivity contribution >= 4 is 5.69 Å². The highest BCUT2D eigenvalue weighted by Gasteiger charge is 2.00. The molecule has 0 bridgehead atoms. The van der Waals surface area contributed by atoms with E-state index >= 15 is 0 Å². The third-order valence-corrected chi connectivity index (χ3v) is 3.83. The van der Waals surface area contributed by atoms with Crippen molar-refractivity contribution in [3.8, 4) is 17.2 Å². The number of rotatable bonds is 9. The van der Waals surface area contributed by atoms with Gasteiger partial charge in [-0.15, -0.1) is 0 Å². The van der Waals surface area contributed by atoms with Crippen molar-refractivity contribution in [2.45, 2.75) is 6.54 Å². The average Bonchev–Trinajstić information content (AvgIpc) is 2.71. The van der Waals surface area contributed by atoms with E-state index in [0.29, 0.717) is 19.8 Å². The maximum absolute atomic E-state index is 5.78. The summed E-state index contributed by atoms with van der Waals surface area (Å²) < 4.78 is 16.7. The first-order valence-corrected chi connectivity index (χ1v) is 8.61. The van der Waals surface area contributed by atoms with Gasteiger partial charge in [0, 0.05) is 18.3 Å². The first kappa shape index (κ1) is 17.7. The van der Waals surface area contributed by atoms with Gasteiger partial charge >= 0.3 is 0 Å². The maximum Gasteiger partial charge on any atom is 0.122 e. The predicted octanol–water partition coefficient (Wildman–Crippen LogP) is 4.77. The molecule has 0 saturated carbocycles. The molecule has 134 valence electrons. The van der Waals surface area contributed by atoms with Crippen LogP contribution in [0.15, 0.2) is 78.9 Å². The van der Waals surface area contributed by atoms with Crippen LogP contribution < -0.4 is 19.5 Å². The van der Waals surface area contributed by atoms with Crippen LogP contribution in [-0.4, -0.2) is 20.3 Å². The lowest BCUT2D eigenvalue weighted by Gasteiger charge is -2.11. The van der Waals surface area contributed by atoms with E-state index in [2.05, 4.69) is 11.4 Å². The molecule has 0 heterocycles. The molecule has 0 amide bonds. The van der Waals surface area contributed by atoms with Crippen molar-refractivity contribution in [3.05, 3.63) is 84.4 Å². The van der Waals surface area contributed by atoms with E-state index in [9.17, 15) is 0 Å². The average molecular weight is 349 g/mol. The first-order valence-electron chi connectivity index (χ1n) is 8.61. The van der Waals surface area contributed by atoms with E-state index < -0.39 is 0 Å². The second kappa shape index (κ2) is 9.37. The molecule has 1 N–H and O–H groups in total. The molecule has 3 aromatic rings. The van der Waals surface area contributed by atoms with Gasteiger partial charge in [0.2, 0.25) is 0 Å². The van der Waals surface area contributed by atoms with Gasteiger partial charge in [0.25, 0.3) is 0 Å². The van der Waals surface area contributed by atoms with Crippen molar-refractivity contribution in [3.63, 3.8) is 0 Å². The van der Waals surface area contributed by atoms with Crippen LogP contribution >= 0.6 is 0 Å². The topological polar surface area (TPSA) is 39.7 Å². The van der Waals surface area contributed by atoms with Gasteiger partial charge in [-0.25, -0.2) is 0 Å². The highest BCUT2D eigenvalue weighted by Crippen LogP contribution is 2.19. The molecular weight excluding hydrogens is 326 g/mol. The molecule has 0 radical (unpaired) electrons. The summed E-state index contributed by atoms with van der Waals surface area (Å²) in [6.45, 7) is 1.73. The molecule has 0 spiro atoms. The molecule has 0 aromatic heterocycles. The Bertz CT molecular complexity index is 805. The van der Waals surface area contributed by atoms with Gasteiger partial charge in [-0.3, -0.25) is 0 Å². The summed E-state index contributed by atoms with van der Waals surface area (Å²) in [5.74, 6) is 2.53. The molecule has 0 aliphatic carbocycles. The lowest BCUT2D eigenvalue weighted by atomic mass is 10.2. The van der Waals surface area contributed by atoms with Crippen molar-refractivity contribution in [2.24, 2.45) is 0 Å². The lowest BCUT2D eigenvalue weighted by Crippen LogP contribution is -2.09. The largest absolute Gasteiger partial charge is 0.497 e. The quantitative estimate of drug-likeness (QED) is 0.565. The number of benzene rings is 3. The van der Waals surface area contributed by atoms with Crippen molar-refractivity contribution in [2.75, 3.05) is 25.6 Å². The number of ether oxygens (including phenoxy) is 3. The second-order valence-corrected chi connectivity index (χ2v) is 5.74. The van der Waals surface area contributed by atoms with Crippen molar-refractivity contribution < 1.29 is 14.2 Å². The van der Waals surface area contributed by atoms with Gasteiger partial charge in [-0.05, 0) is 42.0 Å². The minimum absolute atomic E-state index is 0.502. The van der Waals surface area contributed by atoms with Crippen LogP contribution in [-0.2, 0) is 6.54 Å². The van der Waals surface area contributed by atoms with Crippen LogP contribution in [0.3, 0.4) is 0 Å². The molecule has 0 saturated heterocycles. The molecule has 3 aromatic carbocycles.